The van der Waals surface area contributed by atoms with Crippen LogP contribution >= 0.6 is 0 Å². The quantitative estimate of drug-likeness (QED) is 0.749. The zero-order chi connectivity index (χ0) is 12.4. The molecule has 17 heavy (non-hydrogen) atoms. The van der Waals surface area contributed by atoms with E-state index in [1.807, 2.05) is 11.9 Å². The number of hydrogen-bond acceptors (Lipinski definition) is 5. The van der Waals surface area contributed by atoms with Gasteiger partial charge >= 0.3 is 0 Å². The predicted octanol–water partition coefficient (Wildman–Crippen LogP) is -0.251. The third-order valence-corrected chi connectivity index (χ3v) is 3.10. The van der Waals surface area contributed by atoms with Crippen LogP contribution in [-0.2, 0) is 0 Å². The molecule has 0 radical (unpaired) electrons. The van der Waals surface area contributed by atoms with Crippen molar-refractivity contribution < 1.29 is 4.79 Å². The molecule has 1 aliphatic carbocycles. The summed E-state index contributed by atoms with van der Waals surface area (Å²) in [6, 6.07) is 3.70. The average molecular weight is 235 g/mol. The van der Waals surface area contributed by atoms with Crippen molar-refractivity contribution in [1.29, 1.82) is 0 Å². The van der Waals surface area contributed by atoms with Crippen LogP contribution in [0.25, 0.3) is 0 Å². The highest BCUT2D eigenvalue weighted by atomic mass is 16.1. The van der Waals surface area contributed by atoms with Crippen molar-refractivity contribution in [1.82, 2.24) is 10.2 Å². The smallest absolute Gasteiger partial charge is 0.269 e. The van der Waals surface area contributed by atoms with E-state index in [2.05, 4.69) is 10.2 Å². The summed E-state index contributed by atoms with van der Waals surface area (Å²) in [6.07, 6.45) is 2.13. The second kappa shape index (κ2) is 4.67. The van der Waals surface area contributed by atoms with Crippen LogP contribution in [0, 0.1) is 5.92 Å². The number of aromatic nitrogens is 2. The van der Waals surface area contributed by atoms with Gasteiger partial charge in [-0.15, -0.1) is 10.2 Å². The van der Waals surface area contributed by atoms with E-state index in [1.54, 1.807) is 12.1 Å². The Morgan fingerprint density at radius 1 is 1.47 bits per heavy atom. The number of carbonyl (C=O) groups is 1. The highest BCUT2D eigenvalue weighted by Gasteiger charge is 2.27. The fourth-order valence-electron chi connectivity index (χ4n) is 2.08. The van der Waals surface area contributed by atoms with Crippen molar-refractivity contribution >= 4 is 11.7 Å². The lowest BCUT2D eigenvalue weighted by Crippen LogP contribution is -2.42. The topological polar surface area (TPSA) is 98.1 Å². The molecule has 0 spiro atoms. The highest BCUT2D eigenvalue weighted by Crippen LogP contribution is 2.27. The summed E-state index contributed by atoms with van der Waals surface area (Å²) in [5.41, 5.74) is 11.0. The van der Waals surface area contributed by atoms with Crippen LogP contribution in [-0.4, -0.2) is 35.7 Å². The number of amides is 1. The monoisotopic (exact) mass is 235 g/mol. The molecule has 1 heterocycles. The van der Waals surface area contributed by atoms with E-state index in [1.165, 1.54) is 0 Å². The first kappa shape index (κ1) is 11.8. The maximum Gasteiger partial charge on any atom is 0.269 e. The number of nitrogens with zero attached hydrogens (tertiary/aromatic N) is 3. The van der Waals surface area contributed by atoms with Crippen molar-refractivity contribution in [3.05, 3.63) is 17.8 Å². The third kappa shape index (κ3) is 2.71. The van der Waals surface area contributed by atoms with Crippen molar-refractivity contribution in [2.45, 2.75) is 18.9 Å². The number of primary amides is 1. The number of anilines is 1. The Bertz CT molecular complexity index is 399. The highest BCUT2D eigenvalue weighted by molar-refractivity contribution is 5.90. The van der Waals surface area contributed by atoms with E-state index in [9.17, 15) is 4.79 Å². The Morgan fingerprint density at radius 3 is 2.65 bits per heavy atom. The summed E-state index contributed by atoms with van der Waals surface area (Å²) < 4.78 is 0. The summed E-state index contributed by atoms with van der Waals surface area (Å²) in [7, 11) is 1.96. The first-order valence-corrected chi connectivity index (χ1v) is 5.66. The van der Waals surface area contributed by atoms with Gasteiger partial charge in [-0.05, 0) is 30.9 Å². The molecule has 0 aliphatic heterocycles. The van der Waals surface area contributed by atoms with Crippen LogP contribution in [0.5, 0.6) is 0 Å². The van der Waals surface area contributed by atoms with Gasteiger partial charge in [0.25, 0.3) is 5.91 Å². The molecule has 6 heteroatoms. The molecule has 92 valence electrons. The summed E-state index contributed by atoms with van der Waals surface area (Å²) in [4.78, 5) is 12.9. The summed E-state index contributed by atoms with van der Waals surface area (Å²) in [6.45, 7) is 0.915. The number of carbonyl (C=O) groups excluding carboxylic acids is 1. The molecular weight excluding hydrogens is 218 g/mol. The molecule has 1 fully saturated rings. The minimum Gasteiger partial charge on any atom is -0.364 e. The minimum absolute atomic E-state index is 0.188. The van der Waals surface area contributed by atoms with Crippen molar-refractivity contribution in [3.63, 3.8) is 0 Å². The van der Waals surface area contributed by atoms with E-state index >= 15 is 0 Å². The molecule has 1 aromatic rings. The molecule has 1 amide bonds. The van der Waals surface area contributed by atoms with E-state index < -0.39 is 5.91 Å². The minimum atomic E-state index is -0.559. The van der Waals surface area contributed by atoms with Gasteiger partial charge in [-0.25, -0.2) is 0 Å². The molecule has 1 aliphatic rings. The van der Waals surface area contributed by atoms with Gasteiger partial charge in [0.1, 0.15) is 0 Å². The van der Waals surface area contributed by atoms with Gasteiger partial charge < -0.3 is 16.4 Å². The first-order chi connectivity index (χ1) is 8.06. The largest absolute Gasteiger partial charge is 0.364 e. The zero-order valence-corrected chi connectivity index (χ0v) is 9.84. The molecular formula is C11H17N5O. The number of nitrogens with two attached hydrogens (primary N) is 2. The van der Waals surface area contributed by atoms with Crippen LogP contribution in [0.15, 0.2) is 12.1 Å². The number of hydrogen-bond donors (Lipinski definition) is 2. The van der Waals surface area contributed by atoms with Gasteiger partial charge in [-0.1, -0.05) is 0 Å². The molecule has 0 saturated heterocycles. The molecule has 1 aromatic heterocycles. The second-order valence-electron chi connectivity index (χ2n) is 4.62. The Balaban J connectivity index is 1.94. The summed E-state index contributed by atoms with van der Waals surface area (Å²) >= 11 is 0. The Hall–Kier alpha value is -1.69. The number of rotatable bonds is 4. The maximum atomic E-state index is 10.8. The van der Waals surface area contributed by atoms with E-state index in [-0.39, 0.29) is 5.69 Å². The van der Waals surface area contributed by atoms with Gasteiger partial charge in [-0.3, -0.25) is 4.79 Å². The maximum absolute atomic E-state index is 10.8. The molecule has 0 aromatic carbocycles. The SMILES string of the molecule is CN(CC1CC(N)C1)c1ccc(C(N)=O)nn1. The normalized spacial score (nSPS) is 22.9. The van der Waals surface area contributed by atoms with E-state index in [0.29, 0.717) is 12.0 Å². The second-order valence-corrected chi connectivity index (χ2v) is 4.62. The molecule has 0 atom stereocenters. The molecule has 6 nitrogen and oxygen atoms in total. The van der Waals surface area contributed by atoms with Crippen LogP contribution in [0.4, 0.5) is 5.82 Å². The van der Waals surface area contributed by atoms with Gasteiger partial charge in [-0.2, -0.15) is 0 Å². The van der Waals surface area contributed by atoms with Crippen molar-refractivity contribution in [3.8, 4) is 0 Å². The van der Waals surface area contributed by atoms with Crippen LogP contribution in [0.2, 0.25) is 0 Å². The zero-order valence-electron chi connectivity index (χ0n) is 9.84. The van der Waals surface area contributed by atoms with Gasteiger partial charge in [0.15, 0.2) is 11.5 Å². The fraction of sp³-hybridized carbons (Fsp3) is 0.545. The molecule has 0 unspecified atom stereocenters. The fourth-order valence-corrected chi connectivity index (χ4v) is 2.08. The molecule has 1 saturated carbocycles. The Morgan fingerprint density at radius 2 is 2.18 bits per heavy atom. The molecule has 2 rings (SSSR count). The lowest BCUT2D eigenvalue weighted by atomic mass is 9.81. The van der Waals surface area contributed by atoms with Gasteiger partial charge in [0, 0.05) is 19.6 Å². The van der Waals surface area contributed by atoms with Crippen molar-refractivity contribution in [2.75, 3.05) is 18.5 Å². The lowest BCUT2D eigenvalue weighted by molar-refractivity contribution is 0.0994. The molecule has 0 bridgehead atoms. The van der Waals surface area contributed by atoms with Gasteiger partial charge in [0.05, 0.1) is 0 Å². The predicted molar refractivity (Wildman–Crippen MR) is 64.5 cm³/mol. The Kier molecular flexibility index (Phi) is 3.23. The van der Waals surface area contributed by atoms with Crippen LogP contribution in [0.3, 0.4) is 0 Å². The average Bonchev–Trinajstić information content (AvgIpc) is 2.27. The van der Waals surface area contributed by atoms with E-state index in [4.69, 9.17) is 11.5 Å². The first-order valence-electron chi connectivity index (χ1n) is 5.66. The lowest BCUT2D eigenvalue weighted by Gasteiger charge is -2.35. The van der Waals surface area contributed by atoms with Crippen LogP contribution in [0.1, 0.15) is 23.3 Å². The van der Waals surface area contributed by atoms with Crippen LogP contribution < -0.4 is 16.4 Å². The third-order valence-electron chi connectivity index (χ3n) is 3.10. The standard InChI is InChI=1S/C11H17N5O/c1-16(6-7-4-8(12)5-7)10-3-2-9(11(13)17)14-15-10/h2-3,7-8H,4-6,12H2,1H3,(H2,13,17). The summed E-state index contributed by atoms with van der Waals surface area (Å²) in [5.74, 6) is 0.819. The van der Waals surface area contributed by atoms with Crippen molar-refractivity contribution in [2.24, 2.45) is 17.4 Å². The molecule has 4 N–H and O–H groups in total. The van der Waals surface area contributed by atoms with E-state index in [0.717, 1.165) is 25.2 Å². The summed E-state index contributed by atoms with van der Waals surface area (Å²) in [5, 5.41) is 7.75. The Labute approximate surface area is 100.0 Å². The van der Waals surface area contributed by atoms with Gasteiger partial charge in [0.2, 0.25) is 0 Å².